The van der Waals surface area contributed by atoms with Gasteiger partial charge in [0.15, 0.2) is 5.69 Å². The van der Waals surface area contributed by atoms with E-state index in [1.807, 2.05) is 0 Å². The highest BCUT2D eigenvalue weighted by Crippen LogP contribution is 2.33. The van der Waals surface area contributed by atoms with Crippen LogP contribution >= 0.6 is 0 Å². The molecule has 1 aliphatic heterocycles. The maximum Gasteiger partial charge on any atom is 0.361 e. The molecule has 0 aromatic carbocycles. The van der Waals surface area contributed by atoms with E-state index in [0.717, 1.165) is 0 Å². The van der Waals surface area contributed by atoms with E-state index in [4.69, 9.17) is 6.57 Å². The lowest BCUT2D eigenvalue weighted by atomic mass is 10.2. The summed E-state index contributed by atoms with van der Waals surface area (Å²) < 4.78 is 1.21. The number of hydrogen-bond acceptors (Lipinski definition) is 6. The third kappa shape index (κ3) is 2.39. The molecule has 118 valence electrons. The highest BCUT2D eigenvalue weighted by Gasteiger charge is 2.32. The molecule has 9 heteroatoms. The number of nitrogens with zero attached hydrogens (tertiary/aromatic N) is 5. The van der Waals surface area contributed by atoms with Gasteiger partial charge in [-0.1, -0.05) is 6.57 Å². The maximum atomic E-state index is 12.4. The highest BCUT2D eigenvalue weighted by atomic mass is 16.6. The van der Waals surface area contributed by atoms with Crippen molar-refractivity contribution in [3.05, 3.63) is 44.0 Å². The quantitative estimate of drug-likeness (QED) is 0.500. The Labute approximate surface area is 131 Å². The van der Waals surface area contributed by atoms with Crippen LogP contribution in [0.4, 0.5) is 17.2 Å². The van der Waals surface area contributed by atoms with Crippen molar-refractivity contribution in [3.8, 4) is 0 Å². The summed E-state index contributed by atoms with van der Waals surface area (Å²) in [5.74, 6) is 0.141. The smallest absolute Gasteiger partial charge is 0.361 e. The number of nitro groups is 1. The minimum Gasteiger partial charge on any atom is -0.361 e. The second kappa shape index (κ2) is 5.66. The molecule has 2 aromatic rings. The lowest BCUT2D eigenvalue weighted by molar-refractivity contribution is -0.385. The molecule has 1 N–H and O–H groups in total. The van der Waals surface area contributed by atoms with Gasteiger partial charge in [0.25, 0.3) is 5.82 Å². The molecule has 1 saturated heterocycles. The molecule has 1 aliphatic rings. The second-order valence-corrected chi connectivity index (χ2v) is 5.20. The molecular formula is C14H14N6O3. The molecular weight excluding hydrogens is 300 g/mol. The summed E-state index contributed by atoms with van der Waals surface area (Å²) in [5, 5.41) is 14.7. The maximum absolute atomic E-state index is 12.4. The Morgan fingerprint density at radius 3 is 2.70 bits per heavy atom. The Hall–Kier alpha value is -2.99. The summed E-state index contributed by atoms with van der Waals surface area (Å²) in [6.45, 7) is 9.50. The molecule has 23 heavy (non-hydrogen) atoms. The fraction of sp³-hybridized carbons (Fsp3) is 0.357. The Bertz CT molecular complexity index is 892. The monoisotopic (exact) mass is 314 g/mol. The number of aromatic nitrogens is 2. The van der Waals surface area contributed by atoms with Crippen LogP contribution < -0.4 is 15.8 Å². The van der Waals surface area contributed by atoms with Crippen molar-refractivity contribution in [2.45, 2.75) is 0 Å². The van der Waals surface area contributed by atoms with Gasteiger partial charge in [-0.25, -0.2) is 0 Å². The van der Waals surface area contributed by atoms with E-state index in [9.17, 15) is 14.9 Å². The van der Waals surface area contributed by atoms with Gasteiger partial charge in [-0.05, 0) is 12.1 Å². The van der Waals surface area contributed by atoms with Crippen LogP contribution in [0.25, 0.3) is 15.9 Å². The van der Waals surface area contributed by atoms with Crippen LogP contribution in [0.5, 0.6) is 0 Å². The van der Waals surface area contributed by atoms with Gasteiger partial charge in [0.05, 0.1) is 10.4 Å². The number of fused-ring (bicyclic) bond motifs is 1. The molecule has 0 saturated carbocycles. The fourth-order valence-electron chi connectivity index (χ4n) is 2.78. The molecule has 2 aromatic heterocycles. The molecule has 0 amide bonds. The number of anilines is 1. The average Bonchev–Trinajstić information content (AvgIpc) is 2.57. The molecule has 3 rings (SSSR count). The summed E-state index contributed by atoms with van der Waals surface area (Å²) >= 11 is 0. The zero-order valence-electron chi connectivity index (χ0n) is 12.4. The number of nitrogens with one attached hydrogen (secondary N) is 1. The van der Waals surface area contributed by atoms with Gasteiger partial charge in [0, 0.05) is 33.2 Å². The van der Waals surface area contributed by atoms with Gasteiger partial charge < -0.3 is 19.6 Å². The Kier molecular flexibility index (Phi) is 3.67. The molecule has 1 fully saturated rings. The van der Waals surface area contributed by atoms with E-state index in [2.05, 4.69) is 15.1 Å². The zero-order chi connectivity index (χ0) is 16.6. The standard InChI is InChI=1S/C14H14N6O3/c1-15-10-4-3-9-11(17-10)12(19-7-5-16-6-8-19)13(20(22)23)14(21)18(9)2/h3-4,16H,5-8H2,2H3. The first-order valence-corrected chi connectivity index (χ1v) is 7.06. The lowest BCUT2D eigenvalue weighted by Crippen LogP contribution is -2.44. The van der Waals surface area contributed by atoms with Crippen LogP contribution in [0.1, 0.15) is 0 Å². The number of piperazine rings is 1. The molecule has 0 radical (unpaired) electrons. The molecule has 0 spiro atoms. The van der Waals surface area contributed by atoms with Crippen molar-refractivity contribution < 1.29 is 4.92 Å². The van der Waals surface area contributed by atoms with Crippen LogP contribution in [0, 0.1) is 16.7 Å². The van der Waals surface area contributed by atoms with E-state index < -0.39 is 16.2 Å². The van der Waals surface area contributed by atoms with E-state index in [1.165, 1.54) is 17.7 Å². The number of aryl methyl sites for hydroxylation is 1. The van der Waals surface area contributed by atoms with E-state index in [0.29, 0.717) is 37.2 Å². The van der Waals surface area contributed by atoms with Crippen molar-refractivity contribution in [1.82, 2.24) is 14.9 Å². The Morgan fingerprint density at radius 1 is 1.39 bits per heavy atom. The molecule has 3 heterocycles. The summed E-state index contributed by atoms with van der Waals surface area (Å²) in [7, 11) is 1.47. The summed E-state index contributed by atoms with van der Waals surface area (Å²) in [4.78, 5) is 32.6. The molecule has 0 unspecified atom stereocenters. The van der Waals surface area contributed by atoms with Gasteiger partial charge in [-0.3, -0.25) is 14.9 Å². The number of rotatable bonds is 2. The SMILES string of the molecule is [C-]#[N+]c1ccc2c(n1)c(N1CCNCC1)c([N+](=O)[O-])c(=O)n2C. The Morgan fingerprint density at radius 2 is 2.09 bits per heavy atom. The van der Waals surface area contributed by atoms with Crippen LogP contribution in [0.3, 0.4) is 0 Å². The molecule has 0 atom stereocenters. The minimum absolute atomic E-state index is 0.141. The van der Waals surface area contributed by atoms with E-state index >= 15 is 0 Å². The molecule has 0 bridgehead atoms. The van der Waals surface area contributed by atoms with Gasteiger partial charge in [0.2, 0.25) is 5.52 Å². The first kappa shape index (κ1) is 14.9. The predicted octanol–water partition coefficient (Wildman–Crippen LogP) is 0.802. The normalized spacial score (nSPS) is 14.7. The second-order valence-electron chi connectivity index (χ2n) is 5.20. The van der Waals surface area contributed by atoms with E-state index in [1.54, 1.807) is 11.0 Å². The van der Waals surface area contributed by atoms with Crippen molar-refractivity contribution >= 4 is 28.2 Å². The number of pyridine rings is 2. The van der Waals surface area contributed by atoms with Crippen LogP contribution in [0.2, 0.25) is 0 Å². The third-order valence-corrected chi connectivity index (χ3v) is 3.91. The van der Waals surface area contributed by atoms with E-state index in [-0.39, 0.29) is 11.5 Å². The van der Waals surface area contributed by atoms with Crippen molar-refractivity contribution in [2.75, 3.05) is 31.1 Å². The summed E-state index contributed by atoms with van der Waals surface area (Å²) in [6.07, 6.45) is 0. The minimum atomic E-state index is -0.673. The number of hydrogen-bond donors (Lipinski definition) is 1. The average molecular weight is 314 g/mol. The van der Waals surface area contributed by atoms with Crippen molar-refractivity contribution in [3.63, 3.8) is 0 Å². The Balaban J connectivity index is 2.42. The van der Waals surface area contributed by atoms with Crippen LogP contribution in [-0.2, 0) is 7.05 Å². The predicted molar refractivity (Wildman–Crippen MR) is 85.0 cm³/mol. The zero-order valence-corrected chi connectivity index (χ0v) is 12.4. The van der Waals surface area contributed by atoms with Gasteiger partial charge in [0.1, 0.15) is 0 Å². The van der Waals surface area contributed by atoms with Crippen LogP contribution in [0.15, 0.2) is 16.9 Å². The highest BCUT2D eigenvalue weighted by molar-refractivity contribution is 5.94. The lowest BCUT2D eigenvalue weighted by Gasteiger charge is -2.28. The van der Waals surface area contributed by atoms with Gasteiger partial charge in [-0.15, -0.1) is 4.98 Å². The summed E-state index contributed by atoms with van der Waals surface area (Å²) in [6, 6.07) is 3.11. The first-order valence-electron chi connectivity index (χ1n) is 7.06. The topological polar surface area (TPSA) is 97.7 Å². The van der Waals surface area contributed by atoms with Gasteiger partial charge >= 0.3 is 11.2 Å². The van der Waals surface area contributed by atoms with Crippen LogP contribution in [-0.4, -0.2) is 40.7 Å². The largest absolute Gasteiger partial charge is 0.361 e. The van der Waals surface area contributed by atoms with Crippen molar-refractivity contribution in [2.24, 2.45) is 7.05 Å². The molecule has 0 aliphatic carbocycles. The first-order chi connectivity index (χ1) is 11.0. The third-order valence-electron chi connectivity index (χ3n) is 3.91. The van der Waals surface area contributed by atoms with Gasteiger partial charge in [-0.2, -0.15) is 0 Å². The fourth-order valence-corrected chi connectivity index (χ4v) is 2.78. The molecule has 9 nitrogen and oxygen atoms in total. The van der Waals surface area contributed by atoms with Crippen molar-refractivity contribution in [1.29, 1.82) is 0 Å². The summed E-state index contributed by atoms with van der Waals surface area (Å²) in [5.41, 5.74) is -0.166.